The number of halogens is 2. The van der Waals surface area contributed by atoms with Crippen LogP contribution in [0, 0.1) is 0 Å². The van der Waals surface area contributed by atoms with Gasteiger partial charge in [-0.3, -0.25) is 9.59 Å². The molecule has 1 aromatic heterocycles. The van der Waals surface area contributed by atoms with Crippen molar-refractivity contribution in [2.45, 2.75) is 33.9 Å². The van der Waals surface area contributed by atoms with E-state index < -0.39 is 5.97 Å². The Morgan fingerprint density at radius 1 is 1.25 bits per heavy atom. The van der Waals surface area contributed by atoms with Gasteiger partial charge in [0.05, 0.1) is 23.3 Å². The summed E-state index contributed by atoms with van der Waals surface area (Å²) in [5.41, 5.74) is 2.95. The average molecular weight is 425 g/mol. The number of carbonyl (C=O) groups excluding carboxylic acids is 2. The van der Waals surface area contributed by atoms with Gasteiger partial charge in [0.15, 0.2) is 6.61 Å². The van der Waals surface area contributed by atoms with Gasteiger partial charge in [-0.1, -0.05) is 43.6 Å². The first-order chi connectivity index (χ1) is 13.4. The van der Waals surface area contributed by atoms with Crippen LogP contribution in [-0.2, 0) is 27.4 Å². The highest BCUT2D eigenvalue weighted by Crippen LogP contribution is 2.42. The van der Waals surface area contributed by atoms with Gasteiger partial charge in [0.2, 0.25) is 0 Å². The smallest absolute Gasteiger partial charge is 0.303 e. The quantitative estimate of drug-likeness (QED) is 0.669. The number of benzene rings is 1. The van der Waals surface area contributed by atoms with Crippen LogP contribution in [0.1, 0.15) is 37.6 Å². The van der Waals surface area contributed by atoms with Gasteiger partial charge in [0.1, 0.15) is 10.8 Å². The van der Waals surface area contributed by atoms with Crippen molar-refractivity contribution in [1.29, 1.82) is 0 Å². The number of nitrogens with zero attached hydrogens (tertiary/aromatic N) is 2. The van der Waals surface area contributed by atoms with Gasteiger partial charge in [0, 0.05) is 31.0 Å². The summed E-state index contributed by atoms with van der Waals surface area (Å²) in [4.78, 5) is 29.4. The molecule has 1 aliphatic rings. The number of pyridine rings is 1. The third-order valence-corrected chi connectivity index (χ3v) is 5.08. The second kappa shape index (κ2) is 9.26. The van der Waals surface area contributed by atoms with Gasteiger partial charge in [0.25, 0.3) is 5.91 Å². The van der Waals surface area contributed by atoms with E-state index in [0.717, 1.165) is 16.5 Å². The van der Waals surface area contributed by atoms with Crippen LogP contribution >= 0.6 is 23.2 Å². The predicted molar refractivity (Wildman–Crippen MR) is 111 cm³/mol. The first kappa shape index (κ1) is 22.0. The van der Waals surface area contributed by atoms with Crippen molar-refractivity contribution in [2.24, 2.45) is 0 Å². The number of hydrogen-bond donors (Lipinski definition) is 0. The average Bonchev–Trinajstić information content (AvgIpc) is 3.15. The molecule has 0 spiro atoms. The van der Waals surface area contributed by atoms with Gasteiger partial charge in [-0.15, -0.1) is 0 Å². The first-order valence-electron chi connectivity index (χ1n) is 8.78. The van der Waals surface area contributed by atoms with E-state index in [2.05, 4.69) is 11.6 Å². The fraction of sp³-hybridized carbons (Fsp3) is 0.350. The standard InChI is InChI=1S/C18H16Cl2N2O4.C2H6/c1-4-13-12-7-22(15(24)8-26-9(2)23)6-11(12)10-5-14(25-3)16(19)17(20)18(10)21-13;1-2/h4-5H,1,6-8H2,2-3H3;1-2H3. The van der Waals surface area contributed by atoms with E-state index in [1.165, 1.54) is 14.0 Å². The fourth-order valence-corrected chi connectivity index (χ4v) is 3.44. The van der Waals surface area contributed by atoms with Gasteiger partial charge < -0.3 is 14.4 Å². The largest absolute Gasteiger partial charge is 0.495 e. The number of hydrogen-bond acceptors (Lipinski definition) is 5. The Labute approximate surface area is 174 Å². The zero-order valence-corrected chi connectivity index (χ0v) is 17.8. The lowest BCUT2D eigenvalue weighted by Gasteiger charge is -2.15. The van der Waals surface area contributed by atoms with E-state index in [4.69, 9.17) is 32.7 Å². The van der Waals surface area contributed by atoms with Crippen molar-refractivity contribution in [2.75, 3.05) is 13.7 Å². The number of amides is 1. The fourth-order valence-electron chi connectivity index (χ4n) is 2.98. The number of fused-ring (bicyclic) bond motifs is 3. The van der Waals surface area contributed by atoms with Gasteiger partial charge >= 0.3 is 5.97 Å². The maximum atomic E-state index is 12.3. The highest BCUT2D eigenvalue weighted by molar-refractivity contribution is 6.46. The minimum atomic E-state index is -0.500. The molecule has 0 saturated carbocycles. The van der Waals surface area contributed by atoms with E-state index in [-0.39, 0.29) is 22.6 Å². The van der Waals surface area contributed by atoms with Crippen LogP contribution in [0.2, 0.25) is 10.0 Å². The third-order valence-electron chi connectivity index (χ3n) is 4.24. The lowest BCUT2D eigenvalue weighted by atomic mass is 10.0. The summed E-state index contributed by atoms with van der Waals surface area (Å²) >= 11 is 12.6. The summed E-state index contributed by atoms with van der Waals surface area (Å²) in [5.74, 6) is -0.351. The number of carbonyl (C=O) groups is 2. The first-order valence-corrected chi connectivity index (χ1v) is 9.54. The van der Waals surface area contributed by atoms with Crippen molar-refractivity contribution < 1.29 is 19.1 Å². The molecule has 0 N–H and O–H groups in total. The molecule has 2 aromatic rings. The Bertz CT molecular complexity index is 944. The maximum Gasteiger partial charge on any atom is 0.303 e. The third kappa shape index (κ3) is 4.08. The van der Waals surface area contributed by atoms with E-state index in [1.807, 2.05) is 13.8 Å². The molecule has 1 aliphatic heterocycles. The Kier molecular flexibility index (Phi) is 7.27. The zero-order chi connectivity index (χ0) is 21.0. The van der Waals surface area contributed by atoms with E-state index in [1.54, 1.807) is 17.0 Å². The molecule has 0 fully saturated rings. The maximum absolute atomic E-state index is 12.3. The minimum Gasteiger partial charge on any atom is -0.495 e. The van der Waals surface area contributed by atoms with Gasteiger partial charge in [-0.2, -0.15) is 0 Å². The van der Waals surface area contributed by atoms with E-state index in [0.29, 0.717) is 30.0 Å². The van der Waals surface area contributed by atoms with Crippen LogP contribution in [0.25, 0.3) is 17.0 Å². The molecular weight excluding hydrogens is 403 g/mol. The normalized spacial score (nSPS) is 12.1. The molecule has 150 valence electrons. The molecular formula is C20H22Cl2N2O4. The second-order valence-corrected chi connectivity index (χ2v) is 6.55. The van der Waals surface area contributed by atoms with Crippen LogP contribution in [0.3, 0.4) is 0 Å². The molecule has 0 saturated heterocycles. The number of rotatable bonds is 4. The Balaban J connectivity index is 0.00000136. The Morgan fingerprint density at radius 2 is 1.89 bits per heavy atom. The summed E-state index contributed by atoms with van der Waals surface area (Å²) in [6.45, 7) is 9.45. The van der Waals surface area contributed by atoms with Crippen LogP contribution in [-0.4, -0.2) is 35.5 Å². The number of esters is 1. The Hall–Kier alpha value is -2.31. The summed E-state index contributed by atoms with van der Waals surface area (Å²) < 4.78 is 10.1. The van der Waals surface area contributed by atoms with E-state index in [9.17, 15) is 9.59 Å². The predicted octanol–water partition coefficient (Wildman–Crippen LogP) is 4.62. The van der Waals surface area contributed by atoms with Gasteiger partial charge in [-0.25, -0.2) is 4.98 Å². The summed E-state index contributed by atoms with van der Waals surface area (Å²) in [7, 11) is 1.50. The monoisotopic (exact) mass is 424 g/mol. The van der Waals surface area contributed by atoms with Crippen molar-refractivity contribution in [3.63, 3.8) is 0 Å². The van der Waals surface area contributed by atoms with Gasteiger partial charge in [-0.05, 0) is 17.7 Å². The molecule has 0 aliphatic carbocycles. The molecule has 0 bridgehead atoms. The summed E-state index contributed by atoms with van der Waals surface area (Å²) in [5, 5.41) is 1.33. The summed E-state index contributed by atoms with van der Waals surface area (Å²) in [6.07, 6.45) is 1.62. The number of ether oxygens (including phenoxy) is 2. The molecule has 1 aromatic carbocycles. The van der Waals surface area contributed by atoms with Crippen molar-refractivity contribution >= 4 is 52.1 Å². The molecule has 3 rings (SSSR count). The molecule has 0 atom stereocenters. The molecule has 6 nitrogen and oxygen atoms in total. The second-order valence-electron chi connectivity index (χ2n) is 5.79. The molecule has 28 heavy (non-hydrogen) atoms. The zero-order valence-electron chi connectivity index (χ0n) is 16.3. The lowest BCUT2D eigenvalue weighted by molar-refractivity contribution is -0.150. The van der Waals surface area contributed by atoms with Crippen molar-refractivity contribution in [3.05, 3.63) is 39.5 Å². The van der Waals surface area contributed by atoms with Crippen molar-refractivity contribution in [3.8, 4) is 5.75 Å². The molecule has 8 heteroatoms. The minimum absolute atomic E-state index is 0.282. The van der Waals surface area contributed by atoms with Crippen LogP contribution in [0.5, 0.6) is 5.75 Å². The SMILES string of the molecule is C=Cc1nc2c(Cl)c(Cl)c(OC)cc2c2c1CN(C(=O)COC(C)=O)C2.CC. The lowest BCUT2D eigenvalue weighted by Crippen LogP contribution is -2.29. The van der Waals surface area contributed by atoms with Crippen molar-refractivity contribution in [1.82, 2.24) is 9.88 Å². The van der Waals surface area contributed by atoms with Crippen LogP contribution in [0.4, 0.5) is 0 Å². The summed E-state index contributed by atoms with van der Waals surface area (Å²) in [6, 6.07) is 1.77. The number of methoxy groups -OCH3 is 1. The van der Waals surface area contributed by atoms with E-state index >= 15 is 0 Å². The molecule has 1 amide bonds. The van der Waals surface area contributed by atoms with Crippen LogP contribution < -0.4 is 4.74 Å². The highest BCUT2D eigenvalue weighted by atomic mass is 35.5. The molecule has 2 heterocycles. The van der Waals surface area contributed by atoms with Crippen LogP contribution in [0.15, 0.2) is 12.6 Å². The number of aromatic nitrogens is 1. The molecule has 0 radical (unpaired) electrons. The molecule has 0 unspecified atom stereocenters. The topological polar surface area (TPSA) is 68.7 Å². The Morgan fingerprint density at radius 3 is 2.46 bits per heavy atom. The highest BCUT2D eigenvalue weighted by Gasteiger charge is 2.29.